The molecule has 1 atom stereocenters. The quantitative estimate of drug-likeness (QED) is 0.443. The third kappa shape index (κ3) is 6.68. The van der Waals surface area contributed by atoms with Crippen LogP contribution < -0.4 is 10.5 Å². The Kier molecular flexibility index (Phi) is 7.68. The van der Waals surface area contributed by atoms with Gasteiger partial charge in [-0.3, -0.25) is 14.4 Å². The van der Waals surface area contributed by atoms with E-state index in [9.17, 15) is 36.3 Å². The van der Waals surface area contributed by atoms with E-state index in [2.05, 4.69) is 15.1 Å². The number of H-pyrrole nitrogens is 1. The lowest BCUT2D eigenvalue weighted by molar-refractivity contribution is -0.139. The Morgan fingerprint density at radius 3 is 2.26 bits per heavy atom. The van der Waals surface area contributed by atoms with Crippen molar-refractivity contribution in [2.45, 2.75) is 18.3 Å². The molecule has 0 aliphatic carbocycles. The summed E-state index contributed by atoms with van der Waals surface area (Å²) in [5.41, 5.74) is -6.47. The second-order valence-electron chi connectivity index (χ2n) is 7.79. The van der Waals surface area contributed by atoms with Crippen LogP contribution in [0.2, 0.25) is 0 Å². The fraction of sp³-hybridized carbons (Fsp3) is 0.474. The van der Waals surface area contributed by atoms with Gasteiger partial charge in [0.25, 0.3) is 11.2 Å². The first-order valence-corrected chi connectivity index (χ1v) is 10.7. The Labute approximate surface area is 197 Å². The number of carbonyl (C=O) groups is 2. The number of aromatic amines is 1. The number of nitrogens with one attached hydrogen (secondary N) is 1. The standard InChI is InChI=1S/C19H21F5N7O3P/c1-29(14(32)7-12-6-13(19(23,24)35)16(34)28-27-12)10-15(33)30-2-4-31(5-3-30)17-25-8-11(9-26-17)18(20,21)22/h6,8-9H,2-5,7,10,35H2,1H3,(H,28,34). The zero-order valence-corrected chi connectivity index (χ0v) is 19.5. The van der Waals surface area contributed by atoms with E-state index in [1.807, 2.05) is 5.10 Å². The maximum Gasteiger partial charge on any atom is 0.419 e. The third-order valence-electron chi connectivity index (χ3n) is 5.23. The van der Waals surface area contributed by atoms with Crippen LogP contribution in [0.15, 0.2) is 23.3 Å². The molecule has 35 heavy (non-hydrogen) atoms. The van der Waals surface area contributed by atoms with Crippen LogP contribution >= 0.6 is 9.24 Å². The minimum Gasteiger partial charge on any atom is -0.338 e. The van der Waals surface area contributed by atoms with Crippen LogP contribution in [-0.4, -0.2) is 81.6 Å². The topological polar surface area (TPSA) is 115 Å². The molecule has 10 nitrogen and oxygen atoms in total. The number of piperazine rings is 1. The van der Waals surface area contributed by atoms with Crippen LogP contribution in [0.1, 0.15) is 16.8 Å². The predicted octanol–water partition coefficient (Wildman–Crippen LogP) is 0.853. The van der Waals surface area contributed by atoms with Crippen LogP contribution in [0.25, 0.3) is 0 Å². The van der Waals surface area contributed by atoms with E-state index in [0.717, 1.165) is 11.0 Å². The lowest BCUT2D eigenvalue weighted by atomic mass is 10.2. The van der Waals surface area contributed by atoms with E-state index in [0.29, 0.717) is 12.4 Å². The molecule has 0 saturated carbocycles. The van der Waals surface area contributed by atoms with Gasteiger partial charge in [0.2, 0.25) is 17.8 Å². The average Bonchev–Trinajstić information content (AvgIpc) is 2.79. The smallest absolute Gasteiger partial charge is 0.338 e. The van der Waals surface area contributed by atoms with E-state index < -0.39 is 40.9 Å². The Morgan fingerprint density at radius 2 is 1.71 bits per heavy atom. The summed E-state index contributed by atoms with van der Waals surface area (Å²) in [6.07, 6.45) is -3.56. The molecule has 3 heterocycles. The highest BCUT2D eigenvalue weighted by Crippen LogP contribution is 2.32. The molecule has 0 radical (unpaired) electrons. The Morgan fingerprint density at radius 1 is 1.11 bits per heavy atom. The number of hydrogen-bond donors (Lipinski definition) is 1. The molecule has 3 rings (SSSR count). The highest BCUT2D eigenvalue weighted by atomic mass is 31.0. The number of carbonyl (C=O) groups excluding carboxylic acids is 2. The number of halogens is 5. The van der Waals surface area contributed by atoms with Gasteiger partial charge in [0, 0.05) is 45.6 Å². The van der Waals surface area contributed by atoms with Crippen LogP contribution in [0.4, 0.5) is 27.9 Å². The number of alkyl halides is 5. The molecular weight excluding hydrogens is 500 g/mol. The summed E-state index contributed by atoms with van der Waals surface area (Å²) in [7, 11) is 2.60. The summed E-state index contributed by atoms with van der Waals surface area (Å²) in [6.45, 7) is 0.744. The van der Waals surface area contributed by atoms with Crippen molar-refractivity contribution < 1.29 is 31.5 Å². The Hall–Kier alpha value is -3.22. The van der Waals surface area contributed by atoms with E-state index in [-0.39, 0.29) is 50.3 Å². The largest absolute Gasteiger partial charge is 0.419 e. The molecule has 1 unspecified atom stereocenters. The first kappa shape index (κ1) is 26.4. The molecule has 0 bridgehead atoms. The SMILES string of the molecule is CN(CC(=O)N1CCN(c2ncc(C(F)(F)F)cn2)CC1)C(=O)Cc1cc(C(F)(F)P)c(=O)[nH]n1. The molecule has 2 aromatic heterocycles. The molecular formula is C19H21F5N7O3P. The number of rotatable bonds is 6. The second kappa shape index (κ2) is 10.2. The van der Waals surface area contributed by atoms with Crippen molar-refractivity contribution in [3.63, 3.8) is 0 Å². The number of amides is 2. The summed E-state index contributed by atoms with van der Waals surface area (Å²) < 4.78 is 64.9. The second-order valence-corrected chi connectivity index (χ2v) is 8.51. The van der Waals surface area contributed by atoms with Gasteiger partial charge < -0.3 is 14.7 Å². The van der Waals surface area contributed by atoms with Crippen LogP contribution in [0.3, 0.4) is 0 Å². The zero-order valence-electron chi connectivity index (χ0n) is 18.3. The summed E-state index contributed by atoms with van der Waals surface area (Å²) in [4.78, 5) is 48.2. The monoisotopic (exact) mass is 521 g/mol. The van der Waals surface area contributed by atoms with E-state index in [1.54, 1.807) is 4.90 Å². The molecule has 2 aromatic rings. The molecule has 16 heteroatoms. The van der Waals surface area contributed by atoms with E-state index in [1.165, 1.54) is 21.2 Å². The van der Waals surface area contributed by atoms with Crippen molar-refractivity contribution in [3.05, 3.63) is 45.6 Å². The van der Waals surface area contributed by atoms with E-state index >= 15 is 0 Å². The van der Waals surface area contributed by atoms with Gasteiger partial charge >= 0.3 is 6.18 Å². The van der Waals surface area contributed by atoms with Gasteiger partial charge in [0.15, 0.2) is 0 Å². The maximum absolute atomic E-state index is 13.5. The molecule has 2 amide bonds. The van der Waals surface area contributed by atoms with Crippen molar-refractivity contribution in [3.8, 4) is 0 Å². The first-order chi connectivity index (χ1) is 16.3. The van der Waals surface area contributed by atoms with Gasteiger partial charge in [-0.15, -0.1) is 0 Å². The molecule has 0 aromatic carbocycles. The Bertz CT molecular complexity index is 1130. The molecule has 1 saturated heterocycles. The van der Waals surface area contributed by atoms with Gasteiger partial charge in [-0.25, -0.2) is 15.1 Å². The number of likely N-dealkylation sites (N-methyl/N-ethyl adjacent to an activating group) is 1. The van der Waals surface area contributed by atoms with Crippen molar-refractivity contribution in [1.29, 1.82) is 0 Å². The molecule has 0 spiro atoms. The normalized spacial score (nSPS) is 14.7. The molecule has 1 aliphatic rings. The van der Waals surface area contributed by atoms with Gasteiger partial charge in [0.1, 0.15) is 0 Å². The van der Waals surface area contributed by atoms with Crippen LogP contribution in [0.5, 0.6) is 0 Å². The number of nitrogens with zero attached hydrogens (tertiary/aromatic N) is 6. The molecule has 190 valence electrons. The number of anilines is 1. The summed E-state index contributed by atoms with van der Waals surface area (Å²) >= 11 is 0. The van der Waals surface area contributed by atoms with Crippen molar-refractivity contribution in [2.24, 2.45) is 0 Å². The minimum atomic E-state index is -4.54. The molecule has 1 aliphatic heterocycles. The Balaban J connectivity index is 1.52. The highest BCUT2D eigenvalue weighted by Gasteiger charge is 2.32. The van der Waals surface area contributed by atoms with E-state index in [4.69, 9.17) is 0 Å². The summed E-state index contributed by atoms with van der Waals surface area (Å²) in [5, 5.41) is 5.52. The van der Waals surface area contributed by atoms with Gasteiger partial charge in [-0.05, 0) is 6.07 Å². The fourth-order valence-corrected chi connectivity index (χ4v) is 3.47. The lowest BCUT2D eigenvalue weighted by Crippen LogP contribution is -2.52. The number of hydrogen-bond acceptors (Lipinski definition) is 7. The summed E-state index contributed by atoms with van der Waals surface area (Å²) in [6, 6.07) is 0.835. The number of aromatic nitrogens is 4. The minimum absolute atomic E-state index is 0.0869. The summed E-state index contributed by atoms with van der Waals surface area (Å²) in [5.74, 6) is -0.839. The van der Waals surface area contributed by atoms with Crippen molar-refractivity contribution in [2.75, 3.05) is 44.7 Å². The molecule has 1 fully saturated rings. The van der Waals surface area contributed by atoms with Gasteiger partial charge in [0.05, 0.1) is 29.8 Å². The zero-order chi connectivity index (χ0) is 26.0. The van der Waals surface area contributed by atoms with Crippen molar-refractivity contribution in [1.82, 2.24) is 30.0 Å². The molecule has 1 N–H and O–H groups in total. The highest BCUT2D eigenvalue weighted by molar-refractivity contribution is 7.17. The maximum atomic E-state index is 13.5. The average molecular weight is 521 g/mol. The van der Waals surface area contributed by atoms with Gasteiger partial charge in [-0.2, -0.15) is 27.1 Å². The lowest BCUT2D eigenvalue weighted by Gasteiger charge is -2.35. The third-order valence-corrected chi connectivity index (χ3v) is 5.54. The van der Waals surface area contributed by atoms with Gasteiger partial charge in [-0.1, -0.05) is 9.24 Å². The van der Waals surface area contributed by atoms with Crippen molar-refractivity contribution >= 4 is 27.0 Å². The van der Waals surface area contributed by atoms with Crippen LogP contribution in [-0.2, 0) is 27.8 Å². The predicted molar refractivity (Wildman–Crippen MR) is 116 cm³/mol. The first-order valence-electron chi connectivity index (χ1n) is 10.2. The fourth-order valence-electron chi connectivity index (χ4n) is 3.25. The van der Waals surface area contributed by atoms with Crippen LogP contribution in [0, 0.1) is 0 Å².